The zero-order valence-electron chi connectivity index (χ0n) is 15.1. The summed E-state index contributed by atoms with van der Waals surface area (Å²) in [6, 6.07) is 7.48. The SMILES string of the molecule is O=C(Nc1onc2c1CSC2)C1CCCN(c2ccc(-c3ccco3)nn2)C1. The topological polar surface area (TPSA) is 97.3 Å². The monoisotopic (exact) mass is 397 g/mol. The standard InChI is InChI=1S/C19H19N5O3S/c25-18(20-19-13-10-28-11-15(13)23-27-19)12-3-1-7-24(9-12)17-6-5-14(21-22-17)16-4-2-8-26-16/h2,4-6,8,12H,1,3,7,9-11H2,(H,20,25). The molecule has 1 fully saturated rings. The van der Waals surface area contributed by atoms with Gasteiger partial charge in [-0.05, 0) is 37.1 Å². The van der Waals surface area contributed by atoms with Crippen LogP contribution in [-0.2, 0) is 16.3 Å². The van der Waals surface area contributed by atoms with Gasteiger partial charge < -0.3 is 13.8 Å². The zero-order valence-corrected chi connectivity index (χ0v) is 15.9. The quantitative estimate of drug-likeness (QED) is 0.716. The molecule has 3 aromatic rings. The average Bonchev–Trinajstić information content (AvgIpc) is 3.48. The summed E-state index contributed by atoms with van der Waals surface area (Å²) >= 11 is 1.78. The molecule has 1 N–H and O–H groups in total. The molecule has 9 heteroatoms. The van der Waals surface area contributed by atoms with Crippen LogP contribution < -0.4 is 10.2 Å². The molecule has 1 saturated heterocycles. The predicted octanol–water partition coefficient (Wildman–Crippen LogP) is 3.33. The summed E-state index contributed by atoms with van der Waals surface area (Å²) in [7, 11) is 0. The minimum absolute atomic E-state index is 0.0271. The van der Waals surface area contributed by atoms with E-state index < -0.39 is 0 Å². The van der Waals surface area contributed by atoms with E-state index in [2.05, 4.69) is 25.6 Å². The van der Waals surface area contributed by atoms with Gasteiger partial charge in [0.1, 0.15) is 5.69 Å². The van der Waals surface area contributed by atoms with Crippen molar-refractivity contribution >= 4 is 29.4 Å². The summed E-state index contributed by atoms with van der Waals surface area (Å²) in [5.74, 6) is 3.49. The van der Waals surface area contributed by atoms with Crippen molar-refractivity contribution in [2.45, 2.75) is 24.3 Å². The summed E-state index contributed by atoms with van der Waals surface area (Å²) in [4.78, 5) is 14.9. The van der Waals surface area contributed by atoms with Gasteiger partial charge in [0.2, 0.25) is 11.8 Å². The highest BCUT2D eigenvalue weighted by Gasteiger charge is 2.29. The highest BCUT2D eigenvalue weighted by molar-refractivity contribution is 7.98. The molecule has 0 saturated carbocycles. The van der Waals surface area contributed by atoms with E-state index >= 15 is 0 Å². The molecule has 0 bridgehead atoms. The molecule has 0 spiro atoms. The van der Waals surface area contributed by atoms with E-state index in [1.165, 1.54) is 0 Å². The molecular weight excluding hydrogens is 378 g/mol. The van der Waals surface area contributed by atoms with E-state index in [0.717, 1.165) is 48.0 Å². The lowest BCUT2D eigenvalue weighted by molar-refractivity contribution is -0.120. The Balaban J connectivity index is 1.26. The molecule has 2 aliphatic rings. The third-order valence-electron chi connectivity index (χ3n) is 5.13. The Kier molecular flexibility index (Phi) is 4.52. The molecule has 0 radical (unpaired) electrons. The smallest absolute Gasteiger partial charge is 0.235 e. The fourth-order valence-corrected chi connectivity index (χ4v) is 4.64. The predicted molar refractivity (Wildman–Crippen MR) is 105 cm³/mol. The number of carbonyl (C=O) groups is 1. The van der Waals surface area contributed by atoms with Crippen molar-refractivity contribution in [2.75, 3.05) is 23.3 Å². The number of amides is 1. The second-order valence-corrected chi connectivity index (χ2v) is 7.94. The second kappa shape index (κ2) is 7.31. The number of carbonyl (C=O) groups excluding carboxylic acids is 1. The maximum absolute atomic E-state index is 12.8. The van der Waals surface area contributed by atoms with Crippen LogP contribution in [0.1, 0.15) is 24.1 Å². The number of furan rings is 1. The Morgan fingerprint density at radius 3 is 3.04 bits per heavy atom. The van der Waals surface area contributed by atoms with Gasteiger partial charge in [0.15, 0.2) is 11.6 Å². The van der Waals surface area contributed by atoms with Crippen LogP contribution >= 0.6 is 11.8 Å². The molecule has 0 aliphatic carbocycles. The molecule has 0 aromatic carbocycles. The van der Waals surface area contributed by atoms with Gasteiger partial charge in [0.25, 0.3) is 0 Å². The minimum atomic E-state index is -0.130. The van der Waals surface area contributed by atoms with E-state index in [1.54, 1.807) is 18.0 Å². The summed E-state index contributed by atoms with van der Waals surface area (Å²) in [6.07, 6.45) is 3.37. The van der Waals surface area contributed by atoms with E-state index in [1.807, 2.05) is 24.3 Å². The number of fused-ring (bicyclic) bond motifs is 1. The van der Waals surface area contributed by atoms with E-state index in [0.29, 0.717) is 23.9 Å². The van der Waals surface area contributed by atoms with Gasteiger partial charge in [-0.1, -0.05) is 5.16 Å². The van der Waals surface area contributed by atoms with Gasteiger partial charge in [-0.3, -0.25) is 10.1 Å². The fourth-order valence-electron chi connectivity index (χ4n) is 3.62. The van der Waals surface area contributed by atoms with Crippen molar-refractivity contribution in [3.63, 3.8) is 0 Å². The molecule has 1 atom stereocenters. The van der Waals surface area contributed by atoms with Crippen LogP contribution in [0, 0.1) is 5.92 Å². The van der Waals surface area contributed by atoms with Crippen molar-refractivity contribution in [2.24, 2.45) is 5.92 Å². The van der Waals surface area contributed by atoms with Crippen LogP contribution in [-0.4, -0.2) is 34.4 Å². The number of nitrogens with zero attached hydrogens (tertiary/aromatic N) is 4. The van der Waals surface area contributed by atoms with Gasteiger partial charge in [-0.25, -0.2) is 0 Å². The van der Waals surface area contributed by atoms with Crippen LogP contribution in [0.3, 0.4) is 0 Å². The fraction of sp³-hybridized carbons (Fsp3) is 0.368. The summed E-state index contributed by atoms with van der Waals surface area (Å²) < 4.78 is 10.7. The molecule has 2 aliphatic heterocycles. The molecule has 144 valence electrons. The Hall–Kier alpha value is -2.81. The number of piperidine rings is 1. The van der Waals surface area contributed by atoms with E-state index in [4.69, 9.17) is 8.94 Å². The summed E-state index contributed by atoms with van der Waals surface area (Å²) in [5, 5.41) is 15.6. The first kappa shape index (κ1) is 17.3. The highest BCUT2D eigenvalue weighted by atomic mass is 32.2. The van der Waals surface area contributed by atoms with Crippen LogP contribution in [0.4, 0.5) is 11.7 Å². The second-order valence-electron chi connectivity index (χ2n) is 6.96. The number of anilines is 2. The molecule has 8 nitrogen and oxygen atoms in total. The van der Waals surface area contributed by atoms with Gasteiger partial charge >= 0.3 is 0 Å². The van der Waals surface area contributed by atoms with Crippen LogP contribution in [0.15, 0.2) is 39.5 Å². The van der Waals surface area contributed by atoms with Crippen LogP contribution in [0.25, 0.3) is 11.5 Å². The van der Waals surface area contributed by atoms with Gasteiger partial charge in [-0.2, -0.15) is 11.8 Å². The lowest BCUT2D eigenvalue weighted by Gasteiger charge is -2.32. The lowest BCUT2D eigenvalue weighted by atomic mass is 9.97. The highest BCUT2D eigenvalue weighted by Crippen LogP contribution is 2.35. The van der Waals surface area contributed by atoms with Gasteiger partial charge in [0.05, 0.1) is 23.4 Å². The first-order valence-electron chi connectivity index (χ1n) is 9.26. The van der Waals surface area contributed by atoms with Crippen molar-refractivity contribution in [3.8, 4) is 11.5 Å². The first-order chi connectivity index (χ1) is 13.8. The lowest BCUT2D eigenvalue weighted by Crippen LogP contribution is -2.41. The number of hydrogen-bond donors (Lipinski definition) is 1. The number of thioether (sulfide) groups is 1. The number of rotatable bonds is 4. The van der Waals surface area contributed by atoms with Crippen LogP contribution in [0.5, 0.6) is 0 Å². The normalized spacial score (nSPS) is 18.9. The maximum Gasteiger partial charge on any atom is 0.235 e. The largest absolute Gasteiger partial charge is 0.463 e. The third-order valence-corrected chi connectivity index (χ3v) is 6.10. The average molecular weight is 397 g/mol. The Labute approximate surface area is 165 Å². The van der Waals surface area contributed by atoms with Gasteiger partial charge in [0, 0.05) is 24.6 Å². The van der Waals surface area contributed by atoms with E-state index in [-0.39, 0.29) is 11.8 Å². The van der Waals surface area contributed by atoms with Gasteiger partial charge in [-0.15, -0.1) is 10.2 Å². The maximum atomic E-state index is 12.8. The van der Waals surface area contributed by atoms with Crippen LogP contribution in [0.2, 0.25) is 0 Å². The number of nitrogens with one attached hydrogen (secondary N) is 1. The Morgan fingerprint density at radius 1 is 1.25 bits per heavy atom. The van der Waals surface area contributed by atoms with Crippen molar-refractivity contribution < 1.29 is 13.7 Å². The molecule has 5 heterocycles. The molecule has 5 rings (SSSR count). The third kappa shape index (κ3) is 3.26. The van der Waals surface area contributed by atoms with Crippen molar-refractivity contribution in [1.29, 1.82) is 0 Å². The molecule has 1 unspecified atom stereocenters. The van der Waals surface area contributed by atoms with Crippen molar-refractivity contribution in [1.82, 2.24) is 15.4 Å². The zero-order chi connectivity index (χ0) is 18.9. The Morgan fingerprint density at radius 2 is 2.21 bits per heavy atom. The first-order valence-corrected chi connectivity index (χ1v) is 10.4. The minimum Gasteiger partial charge on any atom is -0.463 e. The van der Waals surface area contributed by atoms with E-state index in [9.17, 15) is 4.79 Å². The molecule has 3 aromatic heterocycles. The summed E-state index contributed by atoms with van der Waals surface area (Å²) in [5.41, 5.74) is 2.65. The van der Waals surface area contributed by atoms with Crippen molar-refractivity contribution in [3.05, 3.63) is 41.8 Å². The Bertz CT molecular complexity index is 970. The molecule has 28 heavy (non-hydrogen) atoms. The summed E-state index contributed by atoms with van der Waals surface area (Å²) in [6.45, 7) is 1.46. The number of aromatic nitrogens is 3. The molecule has 1 amide bonds. The number of hydrogen-bond acceptors (Lipinski definition) is 8. The molecular formula is C19H19N5O3S.